The van der Waals surface area contributed by atoms with Gasteiger partial charge >= 0.3 is 0 Å². The molecule has 0 fully saturated rings. The summed E-state index contributed by atoms with van der Waals surface area (Å²) in [5.74, 6) is 0. The lowest BCUT2D eigenvalue weighted by Gasteiger charge is -1.90. The standard InChI is InChI=1S/C13H14N2/c1-3-4-6-9-12(2)14-15-13-10-7-5-8-11-13/h3-11H,1H2,2H3/b6-4-,12-9+,15-14?. The van der Waals surface area contributed by atoms with E-state index in [1.54, 1.807) is 6.08 Å². The quantitative estimate of drug-likeness (QED) is 0.505. The maximum atomic E-state index is 4.08. The van der Waals surface area contributed by atoms with Gasteiger partial charge in [-0.05, 0) is 25.1 Å². The Bertz CT molecular complexity index is 386. The van der Waals surface area contributed by atoms with Gasteiger partial charge in [0.1, 0.15) is 0 Å². The van der Waals surface area contributed by atoms with E-state index in [1.165, 1.54) is 0 Å². The topological polar surface area (TPSA) is 24.7 Å². The first-order valence-electron chi connectivity index (χ1n) is 4.75. The maximum Gasteiger partial charge on any atom is 0.0856 e. The summed E-state index contributed by atoms with van der Waals surface area (Å²) in [5.41, 5.74) is 1.72. The van der Waals surface area contributed by atoms with Gasteiger partial charge < -0.3 is 0 Å². The predicted molar refractivity (Wildman–Crippen MR) is 64.1 cm³/mol. The summed E-state index contributed by atoms with van der Waals surface area (Å²) in [6, 6.07) is 9.65. The molecule has 1 rings (SSSR count). The zero-order valence-corrected chi connectivity index (χ0v) is 8.80. The molecule has 0 bridgehead atoms. The fourth-order valence-corrected chi connectivity index (χ4v) is 0.938. The molecular weight excluding hydrogens is 184 g/mol. The van der Waals surface area contributed by atoms with Crippen LogP contribution in [0.2, 0.25) is 0 Å². The summed E-state index contributed by atoms with van der Waals surface area (Å²) in [6.07, 6.45) is 7.33. The zero-order valence-electron chi connectivity index (χ0n) is 8.80. The molecule has 0 aliphatic carbocycles. The van der Waals surface area contributed by atoms with E-state index in [1.807, 2.05) is 55.5 Å². The fourth-order valence-electron chi connectivity index (χ4n) is 0.938. The number of hydrogen-bond donors (Lipinski definition) is 0. The van der Waals surface area contributed by atoms with Crippen LogP contribution in [0.15, 0.2) is 77.1 Å². The summed E-state index contributed by atoms with van der Waals surface area (Å²) in [5, 5.41) is 8.15. The summed E-state index contributed by atoms with van der Waals surface area (Å²) in [4.78, 5) is 0. The van der Waals surface area contributed by atoms with E-state index in [4.69, 9.17) is 0 Å². The molecule has 0 aliphatic rings. The first-order valence-corrected chi connectivity index (χ1v) is 4.75. The Balaban J connectivity index is 2.62. The van der Waals surface area contributed by atoms with Crippen molar-refractivity contribution in [2.75, 3.05) is 0 Å². The van der Waals surface area contributed by atoms with Crippen molar-refractivity contribution in [1.82, 2.24) is 0 Å². The molecule has 2 nitrogen and oxygen atoms in total. The van der Waals surface area contributed by atoms with Crippen LogP contribution in [0.1, 0.15) is 6.92 Å². The van der Waals surface area contributed by atoms with Crippen LogP contribution in [0.3, 0.4) is 0 Å². The van der Waals surface area contributed by atoms with Gasteiger partial charge in [-0.3, -0.25) is 0 Å². The molecule has 0 N–H and O–H groups in total. The molecule has 0 saturated carbocycles. The third-order valence-corrected chi connectivity index (χ3v) is 1.66. The molecule has 1 aromatic carbocycles. The zero-order chi connectivity index (χ0) is 10.9. The molecule has 0 atom stereocenters. The van der Waals surface area contributed by atoms with Crippen molar-refractivity contribution >= 4 is 5.69 Å². The Labute approximate surface area is 90.4 Å². The van der Waals surface area contributed by atoms with Crippen molar-refractivity contribution in [3.63, 3.8) is 0 Å². The number of hydrogen-bond acceptors (Lipinski definition) is 2. The molecule has 0 aromatic heterocycles. The highest BCUT2D eigenvalue weighted by Crippen LogP contribution is 2.11. The van der Waals surface area contributed by atoms with Crippen LogP contribution in [0.25, 0.3) is 0 Å². The predicted octanol–water partition coefficient (Wildman–Crippen LogP) is 4.42. The van der Waals surface area contributed by atoms with Crippen LogP contribution in [0.4, 0.5) is 5.69 Å². The van der Waals surface area contributed by atoms with Crippen molar-refractivity contribution in [2.45, 2.75) is 6.92 Å². The third-order valence-electron chi connectivity index (χ3n) is 1.66. The van der Waals surface area contributed by atoms with Crippen LogP contribution in [0, 0.1) is 0 Å². The van der Waals surface area contributed by atoms with E-state index >= 15 is 0 Å². The van der Waals surface area contributed by atoms with Gasteiger partial charge in [-0.2, -0.15) is 10.2 Å². The maximum absolute atomic E-state index is 4.08. The molecule has 0 radical (unpaired) electrons. The van der Waals surface area contributed by atoms with E-state index in [9.17, 15) is 0 Å². The van der Waals surface area contributed by atoms with E-state index in [-0.39, 0.29) is 0 Å². The molecule has 2 heteroatoms. The lowest BCUT2D eigenvalue weighted by atomic mass is 10.3. The lowest BCUT2D eigenvalue weighted by Crippen LogP contribution is -1.66. The lowest BCUT2D eigenvalue weighted by molar-refractivity contribution is 1.13. The van der Waals surface area contributed by atoms with Gasteiger partial charge in [-0.1, -0.05) is 43.0 Å². The molecule has 0 amide bonds. The average Bonchev–Trinajstić information content (AvgIpc) is 2.28. The second-order valence-corrected chi connectivity index (χ2v) is 2.96. The SMILES string of the molecule is C=C/C=C\C=C(/C)N=Nc1ccccc1. The number of benzene rings is 1. The highest BCUT2D eigenvalue weighted by Gasteiger charge is 1.85. The molecular formula is C13H14N2. The molecule has 76 valence electrons. The van der Waals surface area contributed by atoms with Crippen molar-refractivity contribution in [1.29, 1.82) is 0 Å². The summed E-state index contributed by atoms with van der Waals surface area (Å²) in [6.45, 7) is 5.48. The fraction of sp³-hybridized carbons (Fsp3) is 0.0769. The first kappa shape index (κ1) is 11.1. The Morgan fingerprint density at radius 3 is 2.60 bits per heavy atom. The van der Waals surface area contributed by atoms with Crippen LogP contribution in [0.5, 0.6) is 0 Å². The van der Waals surface area contributed by atoms with Crippen LogP contribution in [-0.2, 0) is 0 Å². The van der Waals surface area contributed by atoms with Crippen molar-refractivity contribution < 1.29 is 0 Å². The van der Waals surface area contributed by atoms with Gasteiger partial charge in [-0.25, -0.2) is 0 Å². The smallest absolute Gasteiger partial charge is 0.0856 e. The van der Waals surface area contributed by atoms with Gasteiger partial charge in [-0.15, -0.1) is 0 Å². The van der Waals surface area contributed by atoms with Gasteiger partial charge in [0, 0.05) is 0 Å². The van der Waals surface area contributed by atoms with Crippen LogP contribution < -0.4 is 0 Å². The molecule has 15 heavy (non-hydrogen) atoms. The van der Waals surface area contributed by atoms with E-state index in [2.05, 4.69) is 16.8 Å². The Morgan fingerprint density at radius 2 is 1.93 bits per heavy atom. The van der Waals surface area contributed by atoms with E-state index in [0.717, 1.165) is 11.4 Å². The average molecular weight is 198 g/mol. The third kappa shape index (κ3) is 4.72. The highest BCUT2D eigenvalue weighted by atomic mass is 15.1. The van der Waals surface area contributed by atoms with Gasteiger partial charge in [0.15, 0.2) is 0 Å². The van der Waals surface area contributed by atoms with Crippen molar-refractivity contribution in [3.8, 4) is 0 Å². The van der Waals surface area contributed by atoms with Gasteiger partial charge in [0.05, 0.1) is 11.4 Å². The minimum absolute atomic E-state index is 0.858. The number of rotatable bonds is 4. The Kier molecular flexibility index (Phi) is 4.81. The number of allylic oxidation sites excluding steroid dienone is 5. The molecule has 0 saturated heterocycles. The van der Waals surface area contributed by atoms with Crippen LogP contribution >= 0.6 is 0 Å². The number of azo groups is 1. The summed E-state index contributed by atoms with van der Waals surface area (Å²) < 4.78 is 0. The molecule has 1 aromatic rings. The number of nitrogens with zero attached hydrogens (tertiary/aromatic N) is 2. The monoisotopic (exact) mass is 198 g/mol. The Morgan fingerprint density at radius 1 is 1.20 bits per heavy atom. The second-order valence-electron chi connectivity index (χ2n) is 2.96. The van der Waals surface area contributed by atoms with Gasteiger partial charge in [0.25, 0.3) is 0 Å². The second kappa shape index (κ2) is 6.49. The normalized spacial score (nSPS) is 12.5. The summed E-state index contributed by atoms with van der Waals surface area (Å²) in [7, 11) is 0. The minimum Gasteiger partial charge on any atom is -0.155 e. The highest BCUT2D eigenvalue weighted by molar-refractivity contribution is 5.35. The molecule has 0 unspecified atom stereocenters. The molecule has 0 spiro atoms. The first-order chi connectivity index (χ1) is 7.33. The van der Waals surface area contributed by atoms with Crippen molar-refractivity contribution in [3.05, 3.63) is 66.9 Å². The van der Waals surface area contributed by atoms with E-state index in [0.29, 0.717) is 0 Å². The summed E-state index contributed by atoms with van der Waals surface area (Å²) >= 11 is 0. The largest absolute Gasteiger partial charge is 0.155 e. The molecule has 0 aliphatic heterocycles. The van der Waals surface area contributed by atoms with E-state index < -0.39 is 0 Å². The van der Waals surface area contributed by atoms with Gasteiger partial charge in [0.2, 0.25) is 0 Å². The van der Waals surface area contributed by atoms with Crippen LogP contribution in [-0.4, -0.2) is 0 Å². The minimum atomic E-state index is 0.858. The van der Waals surface area contributed by atoms with Crippen molar-refractivity contribution in [2.24, 2.45) is 10.2 Å². The Hall–Kier alpha value is -1.96. The molecule has 0 heterocycles.